The van der Waals surface area contributed by atoms with Crippen molar-refractivity contribution in [3.05, 3.63) is 33.3 Å². The average molecular weight is 253 g/mol. The van der Waals surface area contributed by atoms with Gasteiger partial charge in [0, 0.05) is 9.50 Å². The fourth-order valence-electron chi connectivity index (χ4n) is 0.882. The van der Waals surface area contributed by atoms with Gasteiger partial charge in [0.25, 0.3) is 0 Å². The zero-order valence-corrected chi connectivity index (χ0v) is 8.57. The second-order valence-corrected chi connectivity index (χ2v) is 3.75. The van der Waals surface area contributed by atoms with Crippen LogP contribution in [0.5, 0.6) is 0 Å². The van der Waals surface area contributed by atoms with Crippen LogP contribution in [-0.4, -0.2) is 6.67 Å². The van der Waals surface area contributed by atoms with Crippen molar-refractivity contribution in [3.8, 4) is 0 Å². The van der Waals surface area contributed by atoms with E-state index >= 15 is 0 Å². The van der Waals surface area contributed by atoms with Gasteiger partial charge in [-0.2, -0.15) is 0 Å². The van der Waals surface area contributed by atoms with Gasteiger partial charge in [0.05, 0.1) is 6.04 Å². The Balaban J connectivity index is 3.04. The van der Waals surface area contributed by atoms with E-state index < -0.39 is 12.7 Å². The molecule has 0 aliphatic carbocycles. The molecule has 1 aromatic rings. The number of hydrogen-bond donors (Lipinski definition) is 1. The monoisotopic (exact) mass is 251 g/mol. The molecule has 1 atom stereocenters. The molecule has 0 saturated carbocycles. The van der Waals surface area contributed by atoms with Gasteiger partial charge in [0.15, 0.2) is 0 Å². The van der Waals surface area contributed by atoms with Crippen LogP contribution in [0, 0.1) is 0 Å². The zero-order chi connectivity index (χ0) is 9.14. The molecular formula is C8H8BrClFN. The molecule has 0 heterocycles. The lowest BCUT2D eigenvalue weighted by Gasteiger charge is -2.09. The minimum Gasteiger partial charge on any atom is -0.322 e. The van der Waals surface area contributed by atoms with Crippen molar-refractivity contribution in [1.29, 1.82) is 0 Å². The summed E-state index contributed by atoms with van der Waals surface area (Å²) < 4.78 is 13.0. The Bertz CT molecular complexity index is 280. The molecule has 0 spiro atoms. The second kappa shape index (κ2) is 4.21. The molecule has 12 heavy (non-hydrogen) atoms. The average Bonchev–Trinajstić information content (AvgIpc) is 2.08. The molecule has 0 aromatic heterocycles. The molecule has 1 unspecified atom stereocenters. The third-order valence-corrected chi connectivity index (χ3v) is 2.36. The van der Waals surface area contributed by atoms with Crippen LogP contribution in [0.25, 0.3) is 0 Å². The Morgan fingerprint density at radius 1 is 1.58 bits per heavy atom. The Hall–Kier alpha value is -0.120. The summed E-state index contributed by atoms with van der Waals surface area (Å²) in [5.41, 5.74) is 6.12. The first-order chi connectivity index (χ1) is 5.65. The van der Waals surface area contributed by atoms with Crippen LogP contribution in [0.4, 0.5) is 4.39 Å². The number of halogens is 3. The topological polar surface area (TPSA) is 26.0 Å². The van der Waals surface area contributed by atoms with E-state index in [0.717, 1.165) is 4.47 Å². The van der Waals surface area contributed by atoms with E-state index in [-0.39, 0.29) is 0 Å². The molecule has 1 nitrogen and oxygen atoms in total. The summed E-state index contributed by atoms with van der Waals surface area (Å²) in [5.74, 6) is 0. The standard InChI is InChI=1S/C8H8BrClFN/c9-5-1-2-7(10)6(3-5)8(12)4-11/h1-3,8H,4,12H2. The quantitative estimate of drug-likeness (QED) is 0.860. The summed E-state index contributed by atoms with van der Waals surface area (Å²) in [7, 11) is 0. The van der Waals surface area contributed by atoms with Gasteiger partial charge in [0.2, 0.25) is 0 Å². The van der Waals surface area contributed by atoms with E-state index in [1.807, 2.05) is 0 Å². The van der Waals surface area contributed by atoms with E-state index in [1.165, 1.54) is 0 Å². The normalized spacial score (nSPS) is 13.0. The van der Waals surface area contributed by atoms with Gasteiger partial charge >= 0.3 is 0 Å². The van der Waals surface area contributed by atoms with E-state index in [1.54, 1.807) is 18.2 Å². The molecule has 0 saturated heterocycles. The number of alkyl halides is 1. The molecule has 0 aliphatic heterocycles. The summed E-state index contributed by atoms with van der Waals surface area (Å²) in [6.07, 6.45) is 0. The highest BCUT2D eigenvalue weighted by atomic mass is 79.9. The highest BCUT2D eigenvalue weighted by molar-refractivity contribution is 9.10. The van der Waals surface area contributed by atoms with Gasteiger partial charge < -0.3 is 5.73 Å². The number of benzene rings is 1. The van der Waals surface area contributed by atoms with Crippen molar-refractivity contribution >= 4 is 27.5 Å². The molecule has 4 heteroatoms. The first kappa shape index (κ1) is 9.96. The minimum atomic E-state index is -0.630. The van der Waals surface area contributed by atoms with Crippen LogP contribution in [0.3, 0.4) is 0 Å². The Morgan fingerprint density at radius 2 is 2.25 bits per heavy atom. The predicted octanol–water partition coefficient (Wildman–Crippen LogP) is 3.07. The summed E-state index contributed by atoms with van der Waals surface area (Å²) in [6, 6.07) is 4.58. The van der Waals surface area contributed by atoms with Crippen molar-refractivity contribution in [2.45, 2.75) is 6.04 Å². The highest BCUT2D eigenvalue weighted by Gasteiger charge is 2.09. The van der Waals surface area contributed by atoms with Gasteiger partial charge in [-0.25, -0.2) is 4.39 Å². The van der Waals surface area contributed by atoms with Gasteiger partial charge in [-0.15, -0.1) is 0 Å². The molecule has 0 amide bonds. The summed E-state index contributed by atoms with van der Waals surface area (Å²) in [5, 5.41) is 0.503. The SMILES string of the molecule is NC(CF)c1cc(Br)ccc1Cl. The minimum absolute atomic E-state index is 0.503. The third kappa shape index (κ3) is 2.19. The molecule has 0 fully saturated rings. The van der Waals surface area contributed by atoms with Crippen molar-refractivity contribution < 1.29 is 4.39 Å². The first-order valence-corrected chi connectivity index (χ1v) is 4.58. The maximum absolute atomic E-state index is 12.2. The van der Waals surface area contributed by atoms with Crippen LogP contribution < -0.4 is 5.73 Å². The lowest BCUT2D eigenvalue weighted by atomic mass is 10.1. The lowest BCUT2D eigenvalue weighted by molar-refractivity contribution is 0.437. The Labute approximate surface area is 83.8 Å². The molecule has 1 aromatic carbocycles. The van der Waals surface area contributed by atoms with Gasteiger partial charge in [-0.3, -0.25) is 0 Å². The Morgan fingerprint density at radius 3 is 2.83 bits per heavy atom. The molecule has 0 aliphatic rings. The molecule has 1 rings (SSSR count). The van der Waals surface area contributed by atoms with Gasteiger partial charge in [-0.05, 0) is 23.8 Å². The maximum atomic E-state index is 12.2. The fraction of sp³-hybridized carbons (Fsp3) is 0.250. The van der Waals surface area contributed by atoms with Crippen molar-refractivity contribution in [2.75, 3.05) is 6.67 Å². The number of hydrogen-bond acceptors (Lipinski definition) is 1. The maximum Gasteiger partial charge on any atom is 0.109 e. The Kier molecular flexibility index (Phi) is 3.50. The van der Waals surface area contributed by atoms with Crippen molar-refractivity contribution in [2.24, 2.45) is 5.73 Å². The summed E-state index contributed by atoms with van der Waals surface area (Å²) in [6.45, 7) is -0.601. The number of rotatable bonds is 2. The van der Waals surface area contributed by atoms with Gasteiger partial charge in [-0.1, -0.05) is 27.5 Å². The van der Waals surface area contributed by atoms with Crippen molar-refractivity contribution in [1.82, 2.24) is 0 Å². The van der Waals surface area contributed by atoms with Crippen molar-refractivity contribution in [3.63, 3.8) is 0 Å². The van der Waals surface area contributed by atoms with Crippen LogP contribution >= 0.6 is 27.5 Å². The lowest BCUT2D eigenvalue weighted by Crippen LogP contribution is -2.12. The van der Waals surface area contributed by atoms with E-state index in [9.17, 15) is 4.39 Å². The molecule has 66 valence electrons. The highest BCUT2D eigenvalue weighted by Crippen LogP contribution is 2.25. The summed E-state index contributed by atoms with van der Waals surface area (Å²) in [4.78, 5) is 0. The van der Waals surface area contributed by atoms with Crippen LogP contribution in [0.15, 0.2) is 22.7 Å². The molecule has 2 N–H and O–H groups in total. The largest absolute Gasteiger partial charge is 0.322 e. The third-order valence-electron chi connectivity index (χ3n) is 1.52. The fourth-order valence-corrected chi connectivity index (χ4v) is 1.52. The van der Waals surface area contributed by atoms with Crippen LogP contribution in [0.2, 0.25) is 5.02 Å². The molecule has 0 radical (unpaired) electrons. The summed E-state index contributed by atoms with van der Waals surface area (Å²) >= 11 is 9.06. The molecular weight excluding hydrogens is 244 g/mol. The number of nitrogens with two attached hydrogens (primary N) is 1. The van der Waals surface area contributed by atoms with E-state index in [0.29, 0.717) is 10.6 Å². The smallest absolute Gasteiger partial charge is 0.109 e. The zero-order valence-electron chi connectivity index (χ0n) is 6.23. The van der Waals surface area contributed by atoms with E-state index in [2.05, 4.69) is 15.9 Å². The van der Waals surface area contributed by atoms with Crippen LogP contribution in [0.1, 0.15) is 11.6 Å². The first-order valence-electron chi connectivity index (χ1n) is 3.41. The second-order valence-electron chi connectivity index (χ2n) is 2.43. The van der Waals surface area contributed by atoms with Crippen LogP contribution in [-0.2, 0) is 0 Å². The van der Waals surface area contributed by atoms with E-state index in [4.69, 9.17) is 17.3 Å². The van der Waals surface area contributed by atoms with Gasteiger partial charge in [0.1, 0.15) is 6.67 Å². The molecule has 0 bridgehead atoms. The predicted molar refractivity (Wildman–Crippen MR) is 52.1 cm³/mol.